The highest BCUT2D eigenvalue weighted by molar-refractivity contribution is 8.02. The van der Waals surface area contributed by atoms with Gasteiger partial charge in [0.15, 0.2) is 0 Å². The van der Waals surface area contributed by atoms with E-state index >= 15 is 0 Å². The smallest absolute Gasteiger partial charge is 0.348 e. The summed E-state index contributed by atoms with van der Waals surface area (Å²) in [5.41, 5.74) is 0.551. The van der Waals surface area contributed by atoms with Gasteiger partial charge in [0.25, 0.3) is 5.91 Å². The number of carbonyl (C=O) groups excluding carboxylic acids is 1. The summed E-state index contributed by atoms with van der Waals surface area (Å²) in [7, 11) is -0.770. The molecule has 1 heterocycles. The number of thiol groups is 1. The molecule has 1 fully saturated rings. The molecule has 0 radical (unpaired) electrons. The van der Waals surface area contributed by atoms with Gasteiger partial charge in [-0.3, -0.25) is 13.9 Å². The molecule has 0 bridgehead atoms. The van der Waals surface area contributed by atoms with Gasteiger partial charge in [-0.15, -0.1) is 0 Å². The fraction of sp³-hybridized carbons (Fsp3) is 0.500. The molecule has 0 aliphatic carbocycles. The number of alkyl halides is 3. The van der Waals surface area contributed by atoms with Gasteiger partial charge in [-0.25, -0.2) is 0 Å². The van der Waals surface area contributed by atoms with Crippen molar-refractivity contribution >= 4 is 27.4 Å². The number of nitrogens with one attached hydrogen (secondary N) is 2. The van der Waals surface area contributed by atoms with Gasteiger partial charge in [0.1, 0.15) is 0 Å². The Labute approximate surface area is 217 Å². The molecule has 1 aliphatic heterocycles. The molecule has 5 nitrogen and oxygen atoms in total. The van der Waals surface area contributed by atoms with Gasteiger partial charge in [0.05, 0.1) is 5.56 Å². The first-order valence-electron chi connectivity index (χ1n) is 12.1. The van der Waals surface area contributed by atoms with Gasteiger partial charge in [-0.1, -0.05) is 46.2 Å². The van der Waals surface area contributed by atoms with Crippen LogP contribution < -0.4 is 10.6 Å². The summed E-state index contributed by atoms with van der Waals surface area (Å²) in [6.45, 7) is 5.15. The van der Waals surface area contributed by atoms with Gasteiger partial charge in [0, 0.05) is 46.9 Å². The number of nitrogens with zero attached hydrogens (tertiary/aromatic N) is 1. The van der Waals surface area contributed by atoms with Crippen molar-refractivity contribution in [2.24, 2.45) is 0 Å². The van der Waals surface area contributed by atoms with Crippen LogP contribution in [-0.2, 0) is 29.2 Å². The number of likely N-dealkylation sites (tertiary alicyclic amines) is 1. The van der Waals surface area contributed by atoms with Gasteiger partial charge < -0.3 is 10.6 Å². The lowest BCUT2D eigenvalue weighted by Gasteiger charge is -2.33. The topological polar surface area (TPSA) is 61.4 Å². The van der Waals surface area contributed by atoms with Gasteiger partial charge in [-0.2, -0.15) is 13.2 Å². The lowest BCUT2D eigenvalue weighted by atomic mass is 10.00. The summed E-state index contributed by atoms with van der Waals surface area (Å²) >= 11 is 6.36. The first kappa shape index (κ1) is 28.6. The van der Waals surface area contributed by atoms with Crippen LogP contribution in [0.15, 0.2) is 35.2 Å². The second-order valence-electron chi connectivity index (χ2n) is 9.58. The minimum absolute atomic E-state index is 0.0201. The van der Waals surface area contributed by atoms with E-state index in [-0.39, 0.29) is 35.3 Å². The third-order valence-electron chi connectivity index (χ3n) is 6.85. The highest BCUT2D eigenvalue weighted by Gasteiger charge is 2.36. The van der Waals surface area contributed by atoms with Crippen molar-refractivity contribution in [3.05, 3.63) is 63.2 Å². The Morgan fingerprint density at radius 3 is 2.61 bits per heavy atom. The van der Waals surface area contributed by atoms with Crippen molar-refractivity contribution in [2.45, 2.75) is 56.9 Å². The highest BCUT2D eigenvalue weighted by atomic mass is 35.5. The van der Waals surface area contributed by atoms with E-state index in [4.69, 9.17) is 11.6 Å². The summed E-state index contributed by atoms with van der Waals surface area (Å²) < 4.78 is 55.1. The number of benzene rings is 2. The molecule has 10 heteroatoms. The summed E-state index contributed by atoms with van der Waals surface area (Å²) in [4.78, 5) is 15.5. The van der Waals surface area contributed by atoms with Crippen LogP contribution in [0.5, 0.6) is 0 Å². The molecule has 2 N–H and O–H groups in total. The molecule has 0 aromatic heterocycles. The SMILES string of the molecule is CC[SH](C)(=O)c1ccc(C)cc1CNC(=O)c1cc(Cl)c(CN2CCC[C@H](NC)C2)c(C(F)(F)F)c1. The average Bonchev–Trinajstić information content (AvgIpc) is 2.82. The average molecular weight is 546 g/mol. The van der Waals surface area contributed by atoms with E-state index in [0.717, 1.165) is 24.5 Å². The number of piperidine rings is 1. The van der Waals surface area contributed by atoms with Crippen molar-refractivity contribution in [1.29, 1.82) is 0 Å². The number of carbonyl (C=O) groups is 1. The first-order chi connectivity index (χ1) is 16.9. The summed E-state index contributed by atoms with van der Waals surface area (Å²) in [5, 5.41) is 5.80. The van der Waals surface area contributed by atoms with E-state index in [1.165, 1.54) is 6.07 Å². The Kier molecular flexibility index (Phi) is 9.25. The normalized spacial score (nSPS) is 17.7. The van der Waals surface area contributed by atoms with E-state index in [2.05, 4.69) is 10.6 Å². The summed E-state index contributed by atoms with van der Waals surface area (Å²) in [5.74, 6) is -0.202. The van der Waals surface area contributed by atoms with Crippen LogP contribution in [0.3, 0.4) is 0 Å². The molecule has 2 aromatic rings. The Hall–Kier alpha value is -1.94. The zero-order valence-electron chi connectivity index (χ0n) is 21.1. The number of amides is 1. The second kappa shape index (κ2) is 11.6. The number of halogens is 4. The minimum Gasteiger partial charge on any atom is -0.348 e. The molecule has 3 rings (SSSR count). The molecule has 0 saturated carbocycles. The monoisotopic (exact) mass is 545 g/mol. The maximum atomic E-state index is 14.0. The van der Waals surface area contributed by atoms with Crippen LogP contribution in [0, 0.1) is 6.92 Å². The minimum atomic E-state index is -4.66. The van der Waals surface area contributed by atoms with Crippen LogP contribution >= 0.6 is 11.6 Å². The van der Waals surface area contributed by atoms with E-state index in [1.807, 2.05) is 37.9 Å². The van der Waals surface area contributed by atoms with Crippen LogP contribution in [0.2, 0.25) is 5.02 Å². The molecule has 2 aromatic carbocycles. The molecule has 1 saturated heterocycles. The van der Waals surface area contributed by atoms with Crippen molar-refractivity contribution < 1.29 is 22.2 Å². The quantitative estimate of drug-likeness (QED) is 0.417. The molecule has 36 heavy (non-hydrogen) atoms. The van der Waals surface area contributed by atoms with Crippen molar-refractivity contribution in [3.63, 3.8) is 0 Å². The zero-order valence-corrected chi connectivity index (χ0v) is 22.8. The van der Waals surface area contributed by atoms with Crippen LogP contribution in [0.4, 0.5) is 13.2 Å². The van der Waals surface area contributed by atoms with Gasteiger partial charge in [-0.05, 0) is 68.9 Å². The highest BCUT2D eigenvalue weighted by Crippen LogP contribution is 2.37. The lowest BCUT2D eigenvalue weighted by molar-refractivity contribution is -0.138. The molecule has 0 spiro atoms. The summed E-state index contributed by atoms with van der Waals surface area (Å²) in [6, 6.07) is 7.90. The van der Waals surface area contributed by atoms with E-state index in [0.29, 0.717) is 29.3 Å². The number of aryl methyl sites for hydroxylation is 1. The molecule has 200 valence electrons. The maximum absolute atomic E-state index is 14.0. The Bertz CT molecular complexity index is 1160. The van der Waals surface area contributed by atoms with E-state index < -0.39 is 27.6 Å². The summed E-state index contributed by atoms with van der Waals surface area (Å²) in [6.07, 6.45) is -1.11. The predicted molar refractivity (Wildman–Crippen MR) is 140 cm³/mol. The fourth-order valence-corrected chi connectivity index (χ4v) is 6.37. The second-order valence-corrected chi connectivity index (χ2v) is 13.3. The molecule has 0 unspecified atom stereocenters. The number of hydrogen-bond acceptors (Lipinski definition) is 4. The zero-order chi connectivity index (χ0) is 26.7. The number of likely N-dealkylation sites (N-methyl/N-ethyl adjacent to an activating group) is 1. The Morgan fingerprint density at radius 2 is 1.97 bits per heavy atom. The Balaban J connectivity index is 1.86. The molecular weight excluding hydrogens is 511 g/mol. The number of rotatable bonds is 8. The van der Waals surface area contributed by atoms with Crippen molar-refractivity contribution in [2.75, 3.05) is 32.1 Å². The Morgan fingerprint density at radius 1 is 1.25 bits per heavy atom. The van der Waals surface area contributed by atoms with Gasteiger partial charge >= 0.3 is 6.18 Å². The number of hydrogen-bond donors (Lipinski definition) is 3. The van der Waals surface area contributed by atoms with Crippen molar-refractivity contribution in [3.8, 4) is 0 Å². The third kappa shape index (κ3) is 6.88. The van der Waals surface area contributed by atoms with E-state index in [9.17, 15) is 22.2 Å². The van der Waals surface area contributed by atoms with Crippen LogP contribution in [0.1, 0.15) is 52.4 Å². The first-order valence-corrected chi connectivity index (χ1v) is 14.8. The third-order valence-corrected chi connectivity index (χ3v) is 9.85. The fourth-order valence-electron chi connectivity index (χ4n) is 4.60. The van der Waals surface area contributed by atoms with Crippen LogP contribution in [-0.4, -0.2) is 53.2 Å². The van der Waals surface area contributed by atoms with Crippen LogP contribution in [0.25, 0.3) is 0 Å². The standard InChI is InChI=1S/C26H35ClF3N3O2S/c1-5-36(4,35)24-9-8-17(2)11-19(24)14-32-25(34)18-12-22(26(28,29)30)21(23(27)13-18)16-33-10-6-7-20(15-33)31-3/h8-9,11-13,20,31,36H,5-7,10,14-16H2,1-4H3,(H,32,34)/t20-/m0/s1. The van der Waals surface area contributed by atoms with Gasteiger partial charge in [0.2, 0.25) is 0 Å². The molecule has 1 aliphatic rings. The molecular formula is C26H35ClF3N3O2S. The maximum Gasteiger partial charge on any atom is 0.416 e. The van der Waals surface area contributed by atoms with Crippen molar-refractivity contribution in [1.82, 2.24) is 15.5 Å². The predicted octanol–water partition coefficient (Wildman–Crippen LogP) is 4.81. The molecule has 1 atom stereocenters. The lowest BCUT2D eigenvalue weighted by Crippen LogP contribution is -2.44. The van der Waals surface area contributed by atoms with E-state index in [1.54, 1.807) is 12.3 Å². The molecule has 1 amide bonds. The largest absolute Gasteiger partial charge is 0.416 e.